The summed E-state index contributed by atoms with van der Waals surface area (Å²) in [6, 6.07) is 3.99. The molecule has 3 aliphatic heterocycles. The number of cyclic esters (lactones) is 1. The van der Waals surface area contributed by atoms with E-state index in [0.29, 0.717) is 23.9 Å². The summed E-state index contributed by atoms with van der Waals surface area (Å²) in [6.07, 6.45) is 7.28. The molecule has 5 heterocycles. The van der Waals surface area contributed by atoms with Crippen molar-refractivity contribution in [3.63, 3.8) is 0 Å². The van der Waals surface area contributed by atoms with Crippen LogP contribution in [0.3, 0.4) is 0 Å². The molecular formula is C22H27N7O3. The average Bonchev–Trinajstić information content (AvgIpc) is 3.55. The first-order valence-corrected chi connectivity index (χ1v) is 11.2. The molecule has 1 amide bonds. The van der Waals surface area contributed by atoms with E-state index < -0.39 is 0 Å². The van der Waals surface area contributed by atoms with Crippen LogP contribution in [0.15, 0.2) is 35.9 Å². The Morgan fingerprint density at radius 3 is 2.62 bits per heavy atom. The third-order valence-electron chi connectivity index (χ3n) is 6.96. The summed E-state index contributed by atoms with van der Waals surface area (Å²) in [4.78, 5) is 33.4. The fourth-order valence-electron chi connectivity index (χ4n) is 4.99. The van der Waals surface area contributed by atoms with Gasteiger partial charge in [0.05, 0.1) is 11.3 Å². The number of likely N-dealkylation sites (tertiary alicyclic amines) is 2. The zero-order valence-corrected chi connectivity index (χ0v) is 18.2. The molecular weight excluding hydrogens is 410 g/mol. The van der Waals surface area contributed by atoms with Crippen LogP contribution in [0.4, 0.5) is 0 Å². The third kappa shape index (κ3) is 4.02. The Bertz CT molecular complexity index is 1010. The number of nitrogens with zero attached hydrogens (tertiary/aromatic N) is 7. The Kier molecular flexibility index (Phi) is 5.69. The Morgan fingerprint density at radius 2 is 1.97 bits per heavy atom. The van der Waals surface area contributed by atoms with Gasteiger partial charge in [0.2, 0.25) is 5.91 Å². The molecule has 0 saturated carbocycles. The van der Waals surface area contributed by atoms with Crippen LogP contribution in [0.5, 0.6) is 0 Å². The lowest BCUT2D eigenvalue weighted by Crippen LogP contribution is -2.39. The monoisotopic (exact) mass is 437 g/mol. The molecule has 2 aromatic rings. The maximum Gasteiger partial charge on any atom is 0.336 e. The minimum Gasteiger partial charge on any atom is -0.456 e. The molecule has 10 heteroatoms. The van der Waals surface area contributed by atoms with Gasteiger partial charge in [-0.3, -0.25) is 4.79 Å². The molecule has 0 spiro atoms. The van der Waals surface area contributed by atoms with Crippen molar-refractivity contribution < 1.29 is 14.3 Å². The number of carbonyl (C=O) groups is 2. The van der Waals surface area contributed by atoms with Crippen LogP contribution in [0.25, 0.3) is 5.82 Å². The van der Waals surface area contributed by atoms with Crippen molar-refractivity contribution in [1.29, 1.82) is 0 Å². The quantitative estimate of drug-likeness (QED) is 0.616. The third-order valence-corrected chi connectivity index (χ3v) is 6.96. The first kappa shape index (κ1) is 20.7. The summed E-state index contributed by atoms with van der Waals surface area (Å²) in [5, 5.41) is 11.1. The van der Waals surface area contributed by atoms with Crippen LogP contribution in [-0.2, 0) is 20.7 Å². The fraction of sp³-hybridized carbons (Fsp3) is 0.545. The Morgan fingerprint density at radius 1 is 1.12 bits per heavy atom. The lowest BCUT2D eigenvalue weighted by atomic mass is 9.83. The molecule has 2 aromatic heterocycles. The van der Waals surface area contributed by atoms with E-state index in [1.165, 1.54) is 16.6 Å². The minimum absolute atomic E-state index is 0.0659. The predicted octanol–water partition coefficient (Wildman–Crippen LogP) is 0.991. The van der Waals surface area contributed by atoms with E-state index in [1.54, 1.807) is 11.8 Å². The second kappa shape index (κ2) is 8.78. The maximum atomic E-state index is 13.0. The summed E-state index contributed by atoms with van der Waals surface area (Å²) in [6.45, 7) is 5.67. The molecule has 2 saturated heterocycles. The summed E-state index contributed by atoms with van der Waals surface area (Å²) in [5.41, 5.74) is 2.52. The molecule has 1 unspecified atom stereocenters. The second-order valence-corrected chi connectivity index (χ2v) is 8.74. The molecule has 168 valence electrons. The van der Waals surface area contributed by atoms with Crippen LogP contribution < -0.4 is 0 Å². The highest BCUT2D eigenvalue weighted by Gasteiger charge is 2.41. The molecule has 2 fully saturated rings. The molecule has 10 nitrogen and oxygen atoms in total. The van der Waals surface area contributed by atoms with E-state index in [-0.39, 0.29) is 24.4 Å². The van der Waals surface area contributed by atoms with E-state index in [2.05, 4.69) is 31.5 Å². The number of pyridine rings is 1. The largest absolute Gasteiger partial charge is 0.456 e. The Hall–Kier alpha value is -3.14. The Labute approximate surface area is 186 Å². The molecule has 1 atom stereocenters. The van der Waals surface area contributed by atoms with Crippen molar-refractivity contribution in [2.24, 2.45) is 11.8 Å². The zero-order chi connectivity index (χ0) is 22.1. The highest BCUT2D eigenvalue weighted by atomic mass is 16.5. The van der Waals surface area contributed by atoms with E-state index in [0.717, 1.165) is 51.0 Å². The predicted molar refractivity (Wildman–Crippen MR) is 113 cm³/mol. The van der Waals surface area contributed by atoms with Gasteiger partial charge in [0.25, 0.3) is 0 Å². The lowest BCUT2D eigenvalue weighted by Gasteiger charge is -2.34. The van der Waals surface area contributed by atoms with Gasteiger partial charge in [-0.25, -0.2) is 9.78 Å². The van der Waals surface area contributed by atoms with Crippen molar-refractivity contribution >= 4 is 11.9 Å². The van der Waals surface area contributed by atoms with Crippen molar-refractivity contribution in [3.05, 3.63) is 41.5 Å². The van der Waals surface area contributed by atoms with E-state index in [4.69, 9.17) is 4.74 Å². The molecule has 3 aliphatic rings. The first-order valence-electron chi connectivity index (χ1n) is 11.2. The standard InChI is InChI=1S/C22H27N7O3/c1-15-19(13-32-22(15)31)28-11-7-18(21(28)30)17-5-9-27(10-6-17)8-4-16-2-3-20(23-12-16)29-14-24-25-26-29/h2-3,12,14,17-18H,4-11,13H2,1H3. The van der Waals surface area contributed by atoms with Crippen LogP contribution in [-0.4, -0.2) is 79.7 Å². The fourth-order valence-corrected chi connectivity index (χ4v) is 4.99. The van der Waals surface area contributed by atoms with Crippen LogP contribution in [0, 0.1) is 11.8 Å². The van der Waals surface area contributed by atoms with Gasteiger partial charge in [0.1, 0.15) is 12.9 Å². The van der Waals surface area contributed by atoms with Gasteiger partial charge in [-0.15, -0.1) is 5.10 Å². The number of aromatic nitrogens is 5. The van der Waals surface area contributed by atoms with Gasteiger partial charge in [0.15, 0.2) is 5.82 Å². The molecule has 0 N–H and O–H groups in total. The van der Waals surface area contributed by atoms with Crippen molar-refractivity contribution in [3.8, 4) is 5.82 Å². The number of hydrogen-bond acceptors (Lipinski definition) is 8. The number of piperidine rings is 1. The molecule has 32 heavy (non-hydrogen) atoms. The minimum atomic E-state index is -0.301. The van der Waals surface area contributed by atoms with Gasteiger partial charge in [-0.1, -0.05) is 6.07 Å². The summed E-state index contributed by atoms with van der Waals surface area (Å²) in [7, 11) is 0. The van der Waals surface area contributed by atoms with E-state index in [1.807, 2.05) is 12.3 Å². The summed E-state index contributed by atoms with van der Waals surface area (Å²) in [5.74, 6) is 1.06. The number of ether oxygens (including phenoxy) is 1. The highest BCUT2D eigenvalue weighted by Crippen LogP contribution is 2.35. The molecule has 0 radical (unpaired) electrons. The second-order valence-electron chi connectivity index (χ2n) is 8.74. The van der Waals surface area contributed by atoms with Gasteiger partial charge in [-0.2, -0.15) is 4.68 Å². The lowest BCUT2D eigenvalue weighted by molar-refractivity contribution is -0.136. The molecule has 0 bridgehead atoms. The van der Waals surface area contributed by atoms with Gasteiger partial charge in [0, 0.05) is 25.2 Å². The maximum absolute atomic E-state index is 13.0. The Balaban J connectivity index is 1.10. The van der Waals surface area contributed by atoms with Gasteiger partial charge < -0.3 is 14.5 Å². The van der Waals surface area contributed by atoms with Crippen LogP contribution in [0.1, 0.15) is 31.7 Å². The van der Waals surface area contributed by atoms with Crippen molar-refractivity contribution in [2.45, 2.75) is 32.6 Å². The number of tetrazole rings is 1. The summed E-state index contributed by atoms with van der Waals surface area (Å²) < 4.78 is 6.63. The average molecular weight is 438 g/mol. The molecule has 0 aliphatic carbocycles. The van der Waals surface area contributed by atoms with Crippen LogP contribution in [0.2, 0.25) is 0 Å². The normalized spacial score (nSPS) is 22.8. The molecule has 5 rings (SSSR count). The number of esters is 1. The number of amides is 1. The van der Waals surface area contributed by atoms with Crippen LogP contribution >= 0.6 is 0 Å². The van der Waals surface area contributed by atoms with Crippen molar-refractivity contribution in [2.75, 3.05) is 32.8 Å². The summed E-state index contributed by atoms with van der Waals surface area (Å²) >= 11 is 0. The highest BCUT2D eigenvalue weighted by molar-refractivity contribution is 5.93. The number of rotatable bonds is 6. The van der Waals surface area contributed by atoms with Gasteiger partial charge in [-0.05, 0) is 73.7 Å². The van der Waals surface area contributed by atoms with E-state index in [9.17, 15) is 9.59 Å². The number of hydrogen-bond donors (Lipinski definition) is 0. The number of carbonyl (C=O) groups excluding carboxylic acids is 2. The topological polar surface area (TPSA) is 106 Å². The molecule has 0 aromatic carbocycles. The van der Waals surface area contributed by atoms with E-state index >= 15 is 0 Å². The first-order chi connectivity index (χ1) is 15.6. The zero-order valence-electron chi connectivity index (χ0n) is 18.2. The smallest absolute Gasteiger partial charge is 0.336 e. The SMILES string of the molecule is CC1=C(N2CCC(C3CCN(CCc4ccc(-n5cnnn5)nc4)CC3)C2=O)COC1=O. The van der Waals surface area contributed by atoms with Crippen molar-refractivity contribution in [1.82, 2.24) is 35.0 Å². The van der Waals surface area contributed by atoms with Gasteiger partial charge >= 0.3 is 5.97 Å².